The highest BCUT2D eigenvalue weighted by Gasteiger charge is 2.28. The molecule has 6 nitrogen and oxygen atoms in total. The molecule has 0 saturated carbocycles. The minimum absolute atomic E-state index is 0.178. The first-order valence-corrected chi connectivity index (χ1v) is 7.00. The van der Waals surface area contributed by atoms with E-state index >= 15 is 0 Å². The monoisotopic (exact) mass is 339 g/mol. The summed E-state index contributed by atoms with van der Waals surface area (Å²) >= 11 is 3.32. The number of nitrogens with zero attached hydrogens (tertiary/aromatic N) is 1. The first-order valence-electron chi connectivity index (χ1n) is 6.20. The molecule has 1 heterocycles. The second-order valence-electron chi connectivity index (χ2n) is 4.30. The lowest BCUT2D eigenvalue weighted by atomic mass is 10.3. The number of nitrogens with one attached hydrogen (secondary N) is 2. The Morgan fingerprint density at radius 2 is 1.85 bits per heavy atom. The second kappa shape index (κ2) is 6.51. The maximum absolute atomic E-state index is 11.7. The van der Waals surface area contributed by atoms with E-state index in [1.165, 1.54) is 4.90 Å². The third-order valence-electron chi connectivity index (χ3n) is 2.90. The molecule has 1 aliphatic rings. The molecule has 1 aliphatic heterocycles. The lowest BCUT2D eigenvalue weighted by molar-refractivity contribution is -0.138. The fraction of sp³-hybridized carbons (Fsp3) is 0.308. The Kier molecular flexibility index (Phi) is 4.73. The molecular weight excluding hydrogens is 326 g/mol. The Morgan fingerprint density at radius 3 is 2.50 bits per heavy atom. The summed E-state index contributed by atoms with van der Waals surface area (Å²) < 4.78 is 0.778. The lowest BCUT2D eigenvalue weighted by Gasteiger charge is -2.14. The van der Waals surface area contributed by atoms with Gasteiger partial charge in [0.05, 0.1) is 5.69 Å². The summed E-state index contributed by atoms with van der Waals surface area (Å²) in [6.45, 7) is 0.439. The highest BCUT2D eigenvalue weighted by atomic mass is 79.9. The molecule has 0 atom stereocenters. The summed E-state index contributed by atoms with van der Waals surface area (Å²) in [6, 6.07) is 6.85. The number of carbonyl (C=O) groups excluding carboxylic acids is 3. The van der Waals surface area contributed by atoms with Crippen molar-refractivity contribution in [2.45, 2.75) is 12.8 Å². The van der Waals surface area contributed by atoms with Gasteiger partial charge in [-0.3, -0.25) is 14.5 Å². The van der Waals surface area contributed by atoms with Crippen LogP contribution >= 0.6 is 15.9 Å². The third kappa shape index (κ3) is 3.57. The molecule has 2 N–H and O–H groups in total. The van der Waals surface area contributed by atoms with Crippen LogP contribution in [0.25, 0.3) is 0 Å². The van der Waals surface area contributed by atoms with Crippen LogP contribution in [-0.4, -0.2) is 35.8 Å². The highest BCUT2D eigenvalue weighted by molar-refractivity contribution is 9.10. The molecular formula is C13H14BrN3O3. The normalized spacial score (nSPS) is 14.6. The molecule has 1 saturated heterocycles. The zero-order valence-electron chi connectivity index (χ0n) is 10.7. The van der Waals surface area contributed by atoms with E-state index in [1.54, 1.807) is 6.07 Å². The molecule has 0 aromatic heterocycles. The van der Waals surface area contributed by atoms with Gasteiger partial charge in [0.25, 0.3) is 0 Å². The van der Waals surface area contributed by atoms with Crippen molar-refractivity contribution in [2.24, 2.45) is 0 Å². The second-order valence-corrected chi connectivity index (χ2v) is 5.15. The van der Waals surface area contributed by atoms with Crippen molar-refractivity contribution in [2.75, 3.05) is 18.4 Å². The van der Waals surface area contributed by atoms with E-state index in [0.29, 0.717) is 5.69 Å². The van der Waals surface area contributed by atoms with Crippen molar-refractivity contribution in [1.29, 1.82) is 0 Å². The first-order chi connectivity index (χ1) is 9.58. The van der Waals surface area contributed by atoms with E-state index in [-0.39, 0.29) is 43.8 Å². The van der Waals surface area contributed by atoms with E-state index in [1.807, 2.05) is 18.2 Å². The number of hydrogen-bond acceptors (Lipinski definition) is 3. The van der Waals surface area contributed by atoms with Gasteiger partial charge in [-0.1, -0.05) is 12.1 Å². The number of para-hydroxylation sites is 1. The molecule has 0 bridgehead atoms. The highest BCUT2D eigenvalue weighted by Crippen LogP contribution is 2.20. The van der Waals surface area contributed by atoms with Crippen LogP contribution in [0.5, 0.6) is 0 Å². The summed E-state index contributed by atoms with van der Waals surface area (Å²) in [7, 11) is 0. The maximum atomic E-state index is 11.7. The summed E-state index contributed by atoms with van der Waals surface area (Å²) in [5, 5.41) is 5.28. The van der Waals surface area contributed by atoms with Crippen molar-refractivity contribution in [1.82, 2.24) is 10.2 Å². The predicted octanol–water partition coefficient (Wildman–Crippen LogP) is 1.72. The van der Waals surface area contributed by atoms with Crippen LogP contribution in [0, 0.1) is 0 Å². The fourth-order valence-corrected chi connectivity index (χ4v) is 2.27. The lowest BCUT2D eigenvalue weighted by Crippen LogP contribution is -2.39. The third-order valence-corrected chi connectivity index (χ3v) is 3.59. The smallest absolute Gasteiger partial charge is 0.319 e. The van der Waals surface area contributed by atoms with Crippen molar-refractivity contribution < 1.29 is 14.4 Å². The zero-order valence-corrected chi connectivity index (χ0v) is 12.3. The predicted molar refractivity (Wildman–Crippen MR) is 77.1 cm³/mol. The molecule has 0 spiro atoms. The van der Waals surface area contributed by atoms with Gasteiger partial charge in [-0.25, -0.2) is 4.79 Å². The molecule has 1 aromatic rings. The summed E-state index contributed by atoms with van der Waals surface area (Å²) in [6.07, 6.45) is 0.532. The molecule has 7 heteroatoms. The van der Waals surface area contributed by atoms with Gasteiger partial charge < -0.3 is 10.6 Å². The molecule has 4 amide bonds. The summed E-state index contributed by atoms with van der Waals surface area (Å²) in [5.74, 6) is -0.356. The van der Waals surface area contributed by atoms with Gasteiger partial charge in [0, 0.05) is 30.4 Å². The van der Waals surface area contributed by atoms with E-state index in [4.69, 9.17) is 0 Å². The number of imide groups is 1. The molecule has 0 radical (unpaired) electrons. The van der Waals surface area contributed by atoms with Gasteiger partial charge in [-0.05, 0) is 28.1 Å². The number of halogens is 1. The fourth-order valence-electron chi connectivity index (χ4n) is 1.88. The van der Waals surface area contributed by atoms with Gasteiger partial charge in [-0.2, -0.15) is 0 Å². The molecule has 20 heavy (non-hydrogen) atoms. The Bertz CT molecular complexity index is 531. The SMILES string of the molecule is O=C(NCCN1C(=O)CCC1=O)Nc1ccccc1Br. The van der Waals surface area contributed by atoms with Gasteiger partial charge in [-0.15, -0.1) is 0 Å². The molecule has 2 rings (SSSR count). The average Bonchev–Trinajstić information content (AvgIpc) is 2.73. The topological polar surface area (TPSA) is 78.5 Å². The van der Waals surface area contributed by atoms with E-state index in [0.717, 1.165) is 4.47 Å². The number of hydrogen-bond donors (Lipinski definition) is 2. The molecule has 0 unspecified atom stereocenters. The van der Waals surface area contributed by atoms with Gasteiger partial charge in [0.2, 0.25) is 11.8 Å². The Morgan fingerprint density at radius 1 is 1.20 bits per heavy atom. The molecule has 1 fully saturated rings. The number of likely N-dealkylation sites (tertiary alicyclic amines) is 1. The van der Waals surface area contributed by atoms with Crippen LogP contribution in [0.3, 0.4) is 0 Å². The van der Waals surface area contributed by atoms with E-state index < -0.39 is 0 Å². The van der Waals surface area contributed by atoms with Crippen LogP contribution < -0.4 is 10.6 Å². The minimum atomic E-state index is -0.379. The maximum Gasteiger partial charge on any atom is 0.319 e. The first kappa shape index (κ1) is 14.5. The van der Waals surface area contributed by atoms with Crippen molar-refractivity contribution in [3.8, 4) is 0 Å². The average molecular weight is 340 g/mol. The van der Waals surface area contributed by atoms with Crippen molar-refractivity contribution >= 4 is 39.5 Å². The van der Waals surface area contributed by atoms with Crippen LogP contribution in [-0.2, 0) is 9.59 Å². The number of urea groups is 1. The molecule has 106 valence electrons. The van der Waals surface area contributed by atoms with Gasteiger partial charge in [0.1, 0.15) is 0 Å². The number of benzene rings is 1. The van der Waals surface area contributed by atoms with Crippen molar-refractivity contribution in [3.63, 3.8) is 0 Å². The van der Waals surface area contributed by atoms with E-state index in [2.05, 4.69) is 26.6 Å². The zero-order chi connectivity index (χ0) is 14.5. The Labute approximate surface area is 124 Å². The van der Waals surface area contributed by atoms with Crippen LogP contribution in [0.15, 0.2) is 28.7 Å². The number of amides is 4. The minimum Gasteiger partial charge on any atom is -0.336 e. The summed E-state index contributed by atoms with van der Waals surface area (Å²) in [4.78, 5) is 35.6. The van der Waals surface area contributed by atoms with Gasteiger partial charge >= 0.3 is 6.03 Å². The largest absolute Gasteiger partial charge is 0.336 e. The number of rotatable bonds is 4. The van der Waals surface area contributed by atoms with Crippen molar-refractivity contribution in [3.05, 3.63) is 28.7 Å². The van der Waals surface area contributed by atoms with E-state index in [9.17, 15) is 14.4 Å². The molecule has 0 aliphatic carbocycles. The Balaban J connectivity index is 1.77. The van der Waals surface area contributed by atoms with Crippen LogP contribution in [0.1, 0.15) is 12.8 Å². The van der Waals surface area contributed by atoms with Crippen LogP contribution in [0.4, 0.5) is 10.5 Å². The van der Waals surface area contributed by atoms with Crippen LogP contribution in [0.2, 0.25) is 0 Å². The Hall–Kier alpha value is -1.89. The number of anilines is 1. The standard InChI is InChI=1S/C13H14BrN3O3/c14-9-3-1-2-4-10(9)16-13(20)15-7-8-17-11(18)5-6-12(17)19/h1-4H,5-8H2,(H2,15,16,20). The van der Waals surface area contributed by atoms with Gasteiger partial charge in [0.15, 0.2) is 0 Å². The number of carbonyl (C=O) groups is 3. The molecule has 1 aromatic carbocycles. The summed E-state index contributed by atoms with van der Waals surface area (Å²) in [5.41, 5.74) is 0.651. The quantitative estimate of drug-likeness (QED) is 0.820.